The van der Waals surface area contributed by atoms with E-state index < -0.39 is 0 Å². The zero-order valence-corrected chi connectivity index (χ0v) is 12.6. The fourth-order valence-corrected chi connectivity index (χ4v) is 2.52. The third kappa shape index (κ3) is 3.43. The molecule has 0 heterocycles. The van der Waals surface area contributed by atoms with Crippen molar-refractivity contribution in [1.82, 2.24) is 0 Å². The molecule has 0 saturated carbocycles. The van der Waals surface area contributed by atoms with Crippen LogP contribution < -0.4 is 0 Å². The second kappa shape index (κ2) is 5.85. The number of halogens is 3. The van der Waals surface area contributed by atoms with Crippen molar-refractivity contribution in [1.29, 1.82) is 0 Å². The number of carbonyl (C=O) groups is 1. The van der Waals surface area contributed by atoms with Gasteiger partial charge in [0.05, 0.1) is 0 Å². The van der Waals surface area contributed by atoms with Gasteiger partial charge in [-0.05, 0) is 54.4 Å². The lowest BCUT2D eigenvalue weighted by atomic mass is 9.99. The van der Waals surface area contributed by atoms with Gasteiger partial charge >= 0.3 is 0 Å². The lowest BCUT2D eigenvalue weighted by Crippen LogP contribution is -2.07. The quantitative estimate of drug-likeness (QED) is 0.720. The van der Waals surface area contributed by atoms with Crippen LogP contribution in [0.15, 0.2) is 40.9 Å². The van der Waals surface area contributed by atoms with Crippen LogP contribution in [-0.2, 0) is 6.42 Å². The average molecular weight is 342 g/mol. The molecule has 0 amide bonds. The van der Waals surface area contributed by atoms with Crippen molar-refractivity contribution in [2.45, 2.75) is 13.3 Å². The van der Waals surface area contributed by atoms with E-state index in [1.165, 1.54) is 6.07 Å². The summed E-state index contributed by atoms with van der Waals surface area (Å²) in [6.45, 7) is 1.82. The van der Waals surface area contributed by atoms with Crippen LogP contribution in [0.5, 0.6) is 0 Å². The lowest BCUT2D eigenvalue weighted by Gasteiger charge is -2.07. The van der Waals surface area contributed by atoms with E-state index >= 15 is 0 Å². The molecular weight excluding hydrogens is 331 g/mol. The summed E-state index contributed by atoms with van der Waals surface area (Å²) >= 11 is 9.12. The first-order chi connectivity index (χ1) is 8.97. The Balaban J connectivity index is 2.28. The van der Waals surface area contributed by atoms with Gasteiger partial charge in [0.15, 0.2) is 5.78 Å². The van der Waals surface area contributed by atoms with Crippen LogP contribution in [-0.4, -0.2) is 5.78 Å². The highest BCUT2D eigenvalue weighted by Gasteiger charge is 2.13. The van der Waals surface area contributed by atoms with E-state index in [2.05, 4.69) is 15.9 Å². The molecule has 2 rings (SSSR count). The maximum absolute atomic E-state index is 13.6. The number of hydrogen-bond acceptors (Lipinski definition) is 1. The van der Waals surface area contributed by atoms with Gasteiger partial charge in [-0.3, -0.25) is 4.79 Å². The molecule has 0 unspecified atom stereocenters. The van der Waals surface area contributed by atoms with Crippen molar-refractivity contribution in [2.24, 2.45) is 0 Å². The molecule has 2 aromatic carbocycles. The van der Waals surface area contributed by atoms with Crippen LogP contribution in [0.1, 0.15) is 21.5 Å². The molecule has 0 aliphatic carbocycles. The molecule has 2 aromatic rings. The first kappa shape index (κ1) is 14.2. The molecule has 0 aromatic heterocycles. The summed E-state index contributed by atoms with van der Waals surface area (Å²) < 4.78 is 14.4. The second-order valence-electron chi connectivity index (χ2n) is 4.29. The van der Waals surface area contributed by atoms with E-state index in [0.717, 1.165) is 10.0 Å². The SMILES string of the molecule is Cc1cc(Cl)ccc1C(=O)Cc1cc(Br)ccc1F. The molecule has 19 heavy (non-hydrogen) atoms. The molecule has 98 valence electrons. The zero-order valence-electron chi connectivity index (χ0n) is 10.2. The predicted molar refractivity (Wildman–Crippen MR) is 78.3 cm³/mol. The third-order valence-electron chi connectivity index (χ3n) is 2.85. The first-order valence-electron chi connectivity index (χ1n) is 5.70. The Morgan fingerprint density at radius 2 is 2.00 bits per heavy atom. The number of carbonyl (C=O) groups excluding carboxylic acids is 1. The van der Waals surface area contributed by atoms with Crippen molar-refractivity contribution in [3.05, 3.63) is 68.4 Å². The minimum Gasteiger partial charge on any atom is -0.294 e. The third-order valence-corrected chi connectivity index (χ3v) is 3.58. The molecule has 0 radical (unpaired) electrons. The summed E-state index contributed by atoms with van der Waals surface area (Å²) in [5.41, 5.74) is 1.76. The van der Waals surface area contributed by atoms with E-state index in [9.17, 15) is 9.18 Å². The molecule has 1 nitrogen and oxygen atoms in total. The lowest BCUT2D eigenvalue weighted by molar-refractivity contribution is 0.0991. The topological polar surface area (TPSA) is 17.1 Å². The number of ketones is 1. The highest BCUT2D eigenvalue weighted by molar-refractivity contribution is 9.10. The normalized spacial score (nSPS) is 10.5. The maximum Gasteiger partial charge on any atom is 0.167 e. The average Bonchev–Trinajstić information content (AvgIpc) is 2.33. The monoisotopic (exact) mass is 340 g/mol. The maximum atomic E-state index is 13.6. The summed E-state index contributed by atoms with van der Waals surface area (Å²) in [5, 5.41) is 0.586. The highest BCUT2D eigenvalue weighted by Crippen LogP contribution is 2.20. The molecular formula is C15H11BrClFO. The molecule has 0 aliphatic heterocycles. The van der Waals surface area contributed by atoms with Gasteiger partial charge in [0.25, 0.3) is 0 Å². The Hall–Kier alpha value is -1.19. The van der Waals surface area contributed by atoms with Gasteiger partial charge in [-0.2, -0.15) is 0 Å². The predicted octanol–water partition coefficient (Wildman–Crippen LogP) is 4.98. The molecule has 4 heteroatoms. The summed E-state index contributed by atoms with van der Waals surface area (Å²) in [5.74, 6) is -0.491. The minimum absolute atomic E-state index is 0.0355. The molecule has 0 fully saturated rings. The summed E-state index contributed by atoms with van der Waals surface area (Å²) in [7, 11) is 0. The van der Waals surface area contributed by atoms with Gasteiger partial charge in [-0.15, -0.1) is 0 Å². The van der Waals surface area contributed by atoms with Crippen molar-refractivity contribution in [3.63, 3.8) is 0 Å². The summed E-state index contributed by atoms with van der Waals surface area (Å²) in [6, 6.07) is 9.65. The number of hydrogen-bond donors (Lipinski definition) is 0. The van der Waals surface area contributed by atoms with E-state index in [4.69, 9.17) is 11.6 Å². The van der Waals surface area contributed by atoms with Crippen LogP contribution in [0.3, 0.4) is 0 Å². The number of Topliss-reactive ketones (excluding diaryl/α,β-unsaturated/α-hetero) is 1. The fourth-order valence-electron chi connectivity index (χ4n) is 1.89. The minimum atomic E-state index is -0.372. The second-order valence-corrected chi connectivity index (χ2v) is 5.65. The van der Waals surface area contributed by atoms with Gasteiger partial charge in [0.2, 0.25) is 0 Å². The highest BCUT2D eigenvalue weighted by atomic mass is 79.9. The number of aryl methyl sites for hydroxylation is 1. The standard InChI is InChI=1S/C15H11BrClFO/c1-9-6-12(17)3-4-13(9)15(19)8-10-7-11(16)2-5-14(10)18/h2-7H,8H2,1H3. The summed E-state index contributed by atoms with van der Waals surface area (Å²) in [6.07, 6.45) is 0.0355. The van der Waals surface area contributed by atoms with E-state index in [1.807, 2.05) is 6.92 Å². The molecule has 0 bridgehead atoms. The molecule has 0 atom stereocenters. The number of rotatable bonds is 3. The van der Waals surface area contributed by atoms with Crippen LogP contribution in [0.2, 0.25) is 5.02 Å². The molecule has 0 N–H and O–H groups in total. The smallest absolute Gasteiger partial charge is 0.167 e. The van der Waals surface area contributed by atoms with Gasteiger partial charge in [-0.1, -0.05) is 27.5 Å². The Bertz CT molecular complexity index is 640. The van der Waals surface area contributed by atoms with Crippen LogP contribution in [0, 0.1) is 12.7 Å². The zero-order chi connectivity index (χ0) is 14.0. The molecule has 0 saturated heterocycles. The Kier molecular flexibility index (Phi) is 4.38. The molecule has 0 aliphatic rings. The van der Waals surface area contributed by atoms with Gasteiger partial charge in [-0.25, -0.2) is 4.39 Å². The summed E-state index contributed by atoms with van der Waals surface area (Å²) in [4.78, 5) is 12.2. The Morgan fingerprint density at radius 3 is 2.68 bits per heavy atom. The Morgan fingerprint density at radius 1 is 1.26 bits per heavy atom. The first-order valence-corrected chi connectivity index (χ1v) is 6.88. The van der Waals surface area contributed by atoms with E-state index in [1.54, 1.807) is 30.3 Å². The largest absolute Gasteiger partial charge is 0.294 e. The van der Waals surface area contributed by atoms with E-state index in [-0.39, 0.29) is 18.0 Å². The van der Waals surface area contributed by atoms with Gasteiger partial charge in [0.1, 0.15) is 5.82 Å². The van der Waals surface area contributed by atoms with Crippen LogP contribution in [0.25, 0.3) is 0 Å². The fraction of sp³-hybridized carbons (Fsp3) is 0.133. The van der Waals surface area contributed by atoms with Gasteiger partial charge in [0, 0.05) is 21.5 Å². The van der Waals surface area contributed by atoms with Crippen LogP contribution >= 0.6 is 27.5 Å². The van der Waals surface area contributed by atoms with Crippen molar-refractivity contribution in [3.8, 4) is 0 Å². The Labute approximate surface area is 124 Å². The number of benzene rings is 2. The molecule has 0 spiro atoms. The van der Waals surface area contributed by atoms with Crippen LogP contribution in [0.4, 0.5) is 4.39 Å². The van der Waals surface area contributed by atoms with Crippen molar-refractivity contribution >= 4 is 33.3 Å². The van der Waals surface area contributed by atoms with Crippen molar-refractivity contribution in [2.75, 3.05) is 0 Å². The van der Waals surface area contributed by atoms with Gasteiger partial charge < -0.3 is 0 Å². The van der Waals surface area contributed by atoms with Crippen molar-refractivity contribution < 1.29 is 9.18 Å². The van der Waals surface area contributed by atoms with E-state index in [0.29, 0.717) is 16.1 Å².